The second kappa shape index (κ2) is 3.33. The molecule has 0 saturated carbocycles. The molecule has 1 aromatic heterocycles. The van der Waals surface area contributed by atoms with Crippen molar-refractivity contribution in [3.63, 3.8) is 0 Å². The quantitative estimate of drug-likeness (QED) is 0.493. The van der Waals surface area contributed by atoms with Gasteiger partial charge in [-0.25, -0.2) is 4.79 Å². The number of nitrogens with zero attached hydrogens (tertiary/aromatic N) is 1. The Morgan fingerprint density at radius 1 is 1.40 bits per heavy atom. The van der Waals surface area contributed by atoms with E-state index in [0.29, 0.717) is 6.07 Å². The highest BCUT2D eigenvalue weighted by Gasteiger charge is 2.25. The third-order valence-corrected chi connectivity index (χ3v) is 2.18. The van der Waals surface area contributed by atoms with Gasteiger partial charge in [0.2, 0.25) is 5.88 Å². The third-order valence-electron chi connectivity index (χ3n) is 1.33. The second-order valence-electron chi connectivity index (χ2n) is 2.32. The van der Waals surface area contributed by atoms with Crippen LogP contribution in [0.15, 0.2) is 11.0 Å². The van der Waals surface area contributed by atoms with Gasteiger partial charge in [0.15, 0.2) is 4.90 Å². The summed E-state index contributed by atoms with van der Waals surface area (Å²) in [5.74, 6) is -2.25. The van der Waals surface area contributed by atoms with Gasteiger partial charge in [-0.15, -0.1) is 4.73 Å². The summed E-state index contributed by atoms with van der Waals surface area (Å²) in [6, 6.07) is 0.424. The maximum atomic E-state index is 10.6. The molecule has 0 aliphatic rings. The number of rotatable bonds is 2. The fourth-order valence-corrected chi connectivity index (χ4v) is 1.37. The summed E-state index contributed by atoms with van der Waals surface area (Å²) in [4.78, 5) is 12.8. The van der Waals surface area contributed by atoms with E-state index in [4.69, 9.17) is 19.9 Å². The Labute approximate surface area is 82.5 Å². The minimum absolute atomic E-state index is 0.0779. The van der Waals surface area contributed by atoms with Gasteiger partial charge in [0.1, 0.15) is 0 Å². The van der Waals surface area contributed by atoms with E-state index in [1.165, 1.54) is 0 Å². The summed E-state index contributed by atoms with van der Waals surface area (Å²) in [7, 11) is -4.77. The molecule has 0 aliphatic heterocycles. The van der Waals surface area contributed by atoms with E-state index >= 15 is 0 Å². The highest BCUT2D eigenvalue weighted by Crippen LogP contribution is 2.29. The van der Waals surface area contributed by atoms with Crippen LogP contribution in [0.1, 0.15) is 0 Å². The molecule has 1 rings (SSSR count). The van der Waals surface area contributed by atoms with Crippen molar-refractivity contribution in [2.24, 2.45) is 0 Å². The van der Waals surface area contributed by atoms with Gasteiger partial charge in [-0.05, 0) is 0 Å². The number of aromatic hydroxyl groups is 2. The summed E-state index contributed by atoms with van der Waals surface area (Å²) in [6.45, 7) is 0. The molecule has 0 radical (unpaired) electrons. The molecular weight excluding hydrogens is 234 g/mol. The van der Waals surface area contributed by atoms with E-state index < -0.39 is 32.9 Å². The fourth-order valence-electron chi connectivity index (χ4n) is 0.807. The molecule has 9 nitrogen and oxygen atoms in total. The molecule has 0 saturated heterocycles. The van der Waals surface area contributed by atoms with Crippen LogP contribution in [0.3, 0.4) is 0 Å². The number of hydrogen-bond donors (Lipinski definition) is 4. The van der Waals surface area contributed by atoms with E-state index in [-0.39, 0.29) is 4.73 Å². The van der Waals surface area contributed by atoms with Crippen LogP contribution in [0.5, 0.6) is 11.8 Å². The van der Waals surface area contributed by atoms with E-state index in [1.807, 2.05) is 0 Å². The maximum absolute atomic E-state index is 10.6. The van der Waals surface area contributed by atoms with Crippen LogP contribution in [0.25, 0.3) is 0 Å². The van der Waals surface area contributed by atoms with E-state index in [1.54, 1.807) is 0 Å². The summed E-state index contributed by atoms with van der Waals surface area (Å²) >= 11 is 0. The van der Waals surface area contributed by atoms with Crippen molar-refractivity contribution >= 4 is 16.3 Å². The lowest BCUT2D eigenvalue weighted by Gasteiger charge is -2.02. The Morgan fingerprint density at radius 3 is 2.27 bits per heavy atom. The van der Waals surface area contributed by atoms with Gasteiger partial charge in [-0.3, -0.25) is 9.39 Å². The molecule has 0 spiro atoms. The average molecular weight is 239 g/mol. The van der Waals surface area contributed by atoms with Gasteiger partial charge in [0.25, 0.3) is 16.0 Å². The van der Waals surface area contributed by atoms with Crippen LogP contribution < -0.4 is 4.84 Å². The predicted octanol–water partition coefficient (Wildman–Crippen LogP) is -0.747. The molecule has 84 valence electrons. The minimum atomic E-state index is -4.77. The van der Waals surface area contributed by atoms with Gasteiger partial charge in [0, 0.05) is 6.07 Å². The summed E-state index contributed by atoms with van der Waals surface area (Å²) in [5, 5.41) is 26.2. The Morgan fingerprint density at radius 2 is 1.93 bits per heavy atom. The van der Waals surface area contributed by atoms with Crippen molar-refractivity contribution in [1.29, 1.82) is 0 Å². The molecule has 0 amide bonds. The smallest absolute Gasteiger partial charge is 0.492 e. The molecule has 0 fully saturated rings. The maximum Gasteiger partial charge on any atom is 0.531 e. The Bertz CT molecular complexity index is 499. The fraction of sp³-hybridized carbons (Fsp3) is 0. The highest BCUT2D eigenvalue weighted by molar-refractivity contribution is 7.86. The number of hydrogen-bond acceptors (Lipinski definition) is 6. The Hall–Kier alpha value is -1.94. The molecule has 0 aromatic carbocycles. The first-order valence-corrected chi connectivity index (χ1v) is 4.70. The van der Waals surface area contributed by atoms with Crippen molar-refractivity contribution in [3.8, 4) is 11.8 Å². The SMILES string of the molecule is O=C(O)On1c(O)cc(S(=O)(=O)O)c1O. The molecule has 10 heteroatoms. The number of aromatic nitrogens is 1. The topological polar surface area (TPSA) is 146 Å². The number of carbonyl (C=O) groups is 1. The second-order valence-corrected chi connectivity index (χ2v) is 3.71. The minimum Gasteiger partial charge on any atom is -0.492 e. The van der Waals surface area contributed by atoms with Gasteiger partial charge in [-0.1, -0.05) is 0 Å². The molecule has 4 N–H and O–H groups in total. The van der Waals surface area contributed by atoms with Crippen LogP contribution >= 0.6 is 0 Å². The lowest BCUT2D eigenvalue weighted by molar-refractivity contribution is 0.0636. The Balaban J connectivity index is 3.33. The van der Waals surface area contributed by atoms with Crippen molar-refractivity contribution < 1.29 is 37.9 Å². The van der Waals surface area contributed by atoms with Gasteiger partial charge in [0.05, 0.1) is 0 Å². The number of carboxylic acid groups (broad SMARTS) is 1. The predicted molar refractivity (Wildman–Crippen MR) is 42.2 cm³/mol. The van der Waals surface area contributed by atoms with Crippen LogP contribution in [0, 0.1) is 0 Å². The van der Waals surface area contributed by atoms with Gasteiger partial charge < -0.3 is 15.3 Å². The lowest BCUT2D eigenvalue weighted by atomic mass is 10.6. The molecular formula is C5H5NO8S. The van der Waals surface area contributed by atoms with E-state index in [2.05, 4.69) is 4.84 Å². The summed E-state index contributed by atoms with van der Waals surface area (Å²) in [6.07, 6.45) is -1.89. The molecule has 1 aromatic rings. The first-order chi connectivity index (χ1) is 6.73. The van der Waals surface area contributed by atoms with Crippen LogP contribution in [-0.2, 0) is 10.1 Å². The van der Waals surface area contributed by atoms with Crippen molar-refractivity contribution in [2.45, 2.75) is 4.90 Å². The zero-order chi connectivity index (χ0) is 11.8. The monoisotopic (exact) mass is 239 g/mol. The first kappa shape index (κ1) is 11.1. The summed E-state index contributed by atoms with van der Waals surface area (Å²) < 4.78 is 29.6. The van der Waals surface area contributed by atoms with Crippen molar-refractivity contribution in [1.82, 2.24) is 4.73 Å². The normalized spacial score (nSPS) is 11.3. The van der Waals surface area contributed by atoms with Crippen LogP contribution in [0.4, 0.5) is 4.79 Å². The molecule has 0 bridgehead atoms. The van der Waals surface area contributed by atoms with Crippen molar-refractivity contribution in [3.05, 3.63) is 6.07 Å². The standard InChI is InChI=1S/C5H5NO8S/c7-3-1-2(15(11,12)13)4(8)6(3)14-5(9)10/h1,7-8H,(H,9,10)(H,11,12,13). The highest BCUT2D eigenvalue weighted by atomic mass is 32.2. The first-order valence-electron chi connectivity index (χ1n) is 3.26. The molecule has 0 aliphatic carbocycles. The van der Waals surface area contributed by atoms with Gasteiger partial charge >= 0.3 is 6.16 Å². The van der Waals surface area contributed by atoms with Crippen LogP contribution in [0.2, 0.25) is 0 Å². The third kappa shape index (κ3) is 2.11. The zero-order valence-electron chi connectivity index (χ0n) is 6.85. The molecule has 15 heavy (non-hydrogen) atoms. The van der Waals surface area contributed by atoms with E-state index in [0.717, 1.165) is 0 Å². The van der Waals surface area contributed by atoms with E-state index in [9.17, 15) is 13.2 Å². The van der Waals surface area contributed by atoms with Crippen molar-refractivity contribution in [2.75, 3.05) is 0 Å². The average Bonchev–Trinajstić information content (AvgIpc) is 2.30. The Kier molecular flexibility index (Phi) is 2.47. The van der Waals surface area contributed by atoms with Gasteiger partial charge in [-0.2, -0.15) is 8.42 Å². The zero-order valence-corrected chi connectivity index (χ0v) is 7.67. The summed E-state index contributed by atoms with van der Waals surface area (Å²) in [5.41, 5.74) is 0. The largest absolute Gasteiger partial charge is 0.531 e. The molecule has 0 unspecified atom stereocenters. The van der Waals surface area contributed by atoms with Crippen LogP contribution in [-0.4, -0.2) is 39.2 Å². The molecule has 0 atom stereocenters. The molecule has 1 heterocycles. The lowest BCUT2D eigenvalue weighted by Crippen LogP contribution is -2.16.